The lowest BCUT2D eigenvalue weighted by atomic mass is 9.88. The first-order chi connectivity index (χ1) is 9.79. The van der Waals surface area contributed by atoms with Crippen LogP contribution in [-0.2, 0) is 13.1 Å². The van der Waals surface area contributed by atoms with E-state index in [1.165, 1.54) is 32.1 Å². The van der Waals surface area contributed by atoms with Crippen molar-refractivity contribution in [2.24, 2.45) is 5.92 Å². The van der Waals surface area contributed by atoms with Crippen molar-refractivity contribution in [3.05, 3.63) is 12.2 Å². The second kappa shape index (κ2) is 6.22. The molecule has 5 nitrogen and oxygen atoms in total. The highest BCUT2D eigenvalue weighted by molar-refractivity contribution is 4.93. The molecule has 1 saturated heterocycles. The van der Waals surface area contributed by atoms with Crippen molar-refractivity contribution >= 4 is 0 Å². The van der Waals surface area contributed by atoms with Crippen LogP contribution >= 0.6 is 0 Å². The number of aliphatic hydroxyl groups is 1. The molecule has 1 aliphatic carbocycles. The monoisotopic (exact) mass is 278 g/mol. The van der Waals surface area contributed by atoms with Crippen LogP contribution in [0.5, 0.6) is 0 Å². The molecule has 112 valence electrons. The van der Waals surface area contributed by atoms with Crippen molar-refractivity contribution in [3.63, 3.8) is 0 Å². The van der Waals surface area contributed by atoms with Gasteiger partial charge in [-0.1, -0.05) is 12.8 Å². The topological polar surface area (TPSA) is 54.2 Å². The minimum atomic E-state index is -0.0929. The second-order valence-corrected chi connectivity index (χ2v) is 6.19. The van der Waals surface area contributed by atoms with Gasteiger partial charge in [0.25, 0.3) is 0 Å². The zero-order valence-electron chi connectivity index (χ0n) is 12.4. The van der Waals surface area contributed by atoms with Crippen LogP contribution < -0.4 is 0 Å². The number of nitrogens with zero attached hydrogens (tertiary/aromatic N) is 4. The van der Waals surface area contributed by atoms with Gasteiger partial charge in [-0.2, -0.15) is 5.10 Å². The Hall–Kier alpha value is -0.940. The summed E-state index contributed by atoms with van der Waals surface area (Å²) in [5.74, 6) is 1.53. The standard InChI is InChI=1S/C15H26N4O/c1-2-19-15(16-11-17-19)10-18-9-4-3-7-13(18)12-6-5-8-14(12)20/h11-14,20H,2-10H2,1H3. The predicted octanol–water partition coefficient (Wildman–Crippen LogP) is 1.81. The number of piperidine rings is 1. The number of rotatable bonds is 4. The summed E-state index contributed by atoms with van der Waals surface area (Å²) in [5.41, 5.74) is 0. The Morgan fingerprint density at radius 1 is 1.25 bits per heavy atom. The number of aryl methyl sites for hydroxylation is 1. The van der Waals surface area contributed by atoms with E-state index in [9.17, 15) is 5.11 Å². The van der Waals surface area contributed by atoms with Gasteiger partial charge in [0, 0.05) is 18.5 Å². The highest BCUT2D eigenvalue weighted by Crippen LogP contribution is 2.35. The van der Waals surface area contributed by atoms with Gasteiger partial charge in [-0.05, 0) is 39.2 Å². The van der Waals surface area contributed by atoms with Crippen LogP contribution in [0.3, 0.4) is 0 Å². The van der Waals surface area contributed by atoms with Gasteiger partial charge < -0.3 is 5.11 Å². The molecule has 3 unspecified atom stereocenters. The Morgan fingerprint density at radius 3 is 2.90 bits per heavy atom. The Kier molecular flexibility index (Phi) is 4.36. The summed E-state index contributed by atoms with van der Waals surface area (Å²) < 4.78 is 1.98. The third-order valence-electron chi connectivity index (χ3n) is 5.03. The maximum Gasteiger partial charge on any atom is 0.141 e. The fourth-order valence-corrected chi connectivity index (χ4v) is 3.97. The molecule has 3 rings (SSSR count). The number of likely N-dealkylation sites (tertiary alicyclic amines) is 1. The average Bonchev–Trinajstić information content (AvgIpc) is 3.08. The van der Waals surface area contributed by atoms with Crippen molar-refractivity contribution in [2.75, 3.05) is 6.54 Å². The molecule has 0 amide bonds. The van der Waals surface area contributed by atoms with Crippen LogP contribution in [0.1, 0.15) is 51.3 Å². The Morgan fingerprint density at radius 2 is 2.15 bits per heavy atom. The average molecular weight is 278 g/mol. The number of aliphatic hydroxyl groups excluding tert-OH is 1. The third kappa shape index (κ3) is 2.74. The smallest absolute Gasteiger partial charge is 0.141 e. The highest BCUT2D eigenvalue weighted by atomic mass is 16.3. The zero-order valence-corrected chi connectivity index (χ0v) is 12.4. The van der Waals surface area contributed by atoms with Gasteiger partial charge in [0.2, 0.25) is 0 Å². The van der Waals surface area contributed by atoms with Gasteiger partial charge >= 0.3 is 0 Å². The first-order valence-electron chi connectivity index (χ1n) is 8.08. The van der Waals surface area contributed by atoms with E-state index in [2.05, 4.69) is 21.9 Å². The molecule has 1 aromatic rings. The summed E-state index contributed by atoms with van der Waals surface area (Å²) in [5, 5.41) is 14.5. The number of hydrogen-bond donors (Lipinski definition) is 1. The van der Waals surface area contributed by atoms with Crippen LogP contribution in [0.2, 0.25) is 0 Å². The van der Waals surface area contributed by atoms with E-state index in [0.29, 0.717) is 12.0 Å². The van der Waals surface area contributed by atoms with Gasteiger partial charge in [-0.15, -0.1) is 0 Å². The minimum Gasteiger partial charge on any atom is -0.393 e. The fraction of sp³-hybridized carbons (Fsp3) is 0.867. The largest absolute Gasteiger partial charge is 0.393 e. The molecule has 0 aromatic carbocycles. The van der Waals surface area contributed by atoms with Gasteiger partial charge in [-0.3, -0.25) is 4.90 Å². The maximum absolute atomic E-state index is 10.2. The summed E-state index contributed by atoms with van der Waals surface area (Å²) in [4.78, 5) is 6.95. The van der Waals surface area contributed by atoms with Crippen LogP contribution in [-0.4, -0.2) is 43.5 Å². The summed E-state index contributed by atoms with van der Waals surface area (Å²) >= 11 is 0. The van der Waals surface area contributed by atoms with E-state index in [0.717, 1.165) is 31.9 Å². The second-order valence-electron chi connectivity index (χ2n) is 6.19. The molecular formula is C15H26N4O. The van der Waals surface area contributed by atoms with E-state index in [4.69, 9.17) is 0 Å². The van der Waals surface area contributed by atoms with E-state index in [1.807, 2.05) is 4.68 Å². The fourth-order valence-electron chi connectivity index (χ4n) is 3.97. The lowest BCUT2D eigenvalue weighted by Gasteiger charge is -2.40. The lowest BCUT2D eigenvalue weighted by molar-refractivity contribution is 0.0293. The zero-order chi connectivity index (χ0) is 13.9. The molecule has 1 N–H and O–H groups in total. The number of hydrogen-bond acceptors (Lipinski definition) is 4. The van der Waals surface area contributed by atoms with Crippen molar-refractivity contribution in [1.82, 2.24) is 19.7 Å². The highest BCUT2D eigenvalue weighted by Gasteiger charge is 2.37. The molecule has 2 aliphatic rings. The molecular weight excluding hydrogens is 252 g/mol. The van der Waals surface area contributed by atoms with Crippen molar-refractivity contribution in [2.45, 2.75) is 70.7 Å². The van der Waals surface area contributed by atoms with Crippen LogP contribution in [0.25, 0.3) is 0 Å². The molecule has 1 saturated carbocycles. The molecule has 0 spiro atoms. The van der Waals surface area contributed by atoms with E-state index in [1.54, 1.807) is 6.33 Å². The lowest BCUT2D eigenvalue weighted by Crippen LogP contribution is -2.46. The molecule has 1 aromatic heterocycles. The maximum atomic E-state index is 10.2. The molecule has 2 fully saturated rings. The molecule has 0 radical (unpaired) electrons. The Balaban J connectivity index is 1.72. The van der Waals surface area contributed by atoms with Gasteiger partial charge in [0.1, 0.15) is 12.2 Å². The normalized spacial score (nSPS) is 31.8. The van der Waals surface area contributed by atoms with Crippen molar-refractivity contribution in [3.8, 4) is 0 Å². The number of aromatic nitrogens is 3. The van der Waals surface area contributed by atoms with Crippen LogP contribution in [0, 0.1) is 5.92 Å². The molecule has 3 atom stereocenters. The van der Waals surface area contributed by atoms with Crippen molar-refractivity contribution in [1.29, 1.82) is 0 Å². The SMILES string of the molecule is CCn1ncnc1CN1CCCCC1C1CCCC1O. The van der Waals surface area contributed by atoms with Gasteiger partial charge in [0.05, 0.1) is 12.6 Å². The molecule has 1 aliphatic heterocycles. The summed E-state index contributed by atoms with van der Waals surface area (Å²) in [6.07, 6.45) is 8.70. The Bertz CT molecular complexity index is 433. The van der Waals surface area contributed by atoms with Crippen LogP contribution in [0.4, 0.5) is 0 Å². The Labute approximate surface area is 121 Å². The first kappa shape index (κ1) is 14.0. The van der Waals surface area contributed by atoms with E-state index < -0.39 is 0 Å². The molecule has 2 heterocycles. The summed E-state index contributed by atoms with van der Waals surface area (Å²) in [7, 11) is 0. The van der Waals surface area contributed by atoms with Crippen molar-refractivity contribution < 1.29 is 5.11 Å². The predicted molar refractivity (Wildman–Crippen MR) is 77.1 cm³/mol. The van der Waals surface area contributed by atoms with E-state index in [-0.39, 0.29) is 6.10 Å². The third-order valence-corrected chi connectivity index (χ3v) is 5.03. The van der Waals surface area contributed by atoms with Gasteiger partial charge in [0.15, 0.2) is 0 Å². The minimum absolute atomic E-state index is 0.0929. The quantitative estimate of drug-likeness (QED) is 0.912. The molecule has 20 heavy (non-hydrogen) atoms. The van der Waals surface area contributed by atoms with E-state index >= 15 is 0 Å². The van der Waals surface area contributed by atoms with Gasteiger partial charge in [-0.25, -0.2) is 9.67 Å². The first-order valence-corrected chi connectivity index (χ1v) is 8.08. The van der Waals surface area contributed by atoms with Crippen LogP contribution in [0.15, 0.2) is 6.33 Å². The summed E-state index contributed by atoms with van der Waals surface area (Å²) in [6, 6.07) is 0.531. The molecule has 0 bridgehead atoms. The molecule has 5 heteroatoms. The summed E-state index contributed by atoms with van der Waals surface area (Å²) in [6.45, 7) is 4.98.